The first-order valence-electron chi connectivity index (χ1n) is 5.14. The summed E-state index contributed by atoms with van der Waals surface area (Å²) in [6.45, 7) is 0.917. The van der Waals surface area contributed by atoms with Crippen LogP contribution in [0.1, 0.15) is 38.5 Å². The van der Waals surface area contributed by atoms with Crippen LogP contribution in [0.5, 0.6) is 0 Å². The van der Waals surface area contributed by atoms with E-state index in [1.807, 2.05) is 0 Å². The van der Waals surface area contributed by atoms with Crippen LogP contribution in [-0.2, 0) is 4.79 Å². The molecule has 2 fully saturated rings. The quantitative estimate of drug-likeness (QED) is 0.678. The molecule has 12 heavy (non-hydrogen) atoms. The molecule has 0 aromatic heterocycles. The zero-order valence-electron chi connectivity index (χ0n) is 7.51. The van der Waals surface area contributed by atoms with Crippen molar-refractivity contribution in [2.45, 2.75) is 38.5 Å². The molecule has 0 heterocycles. The molecule has 68 valence electrons. The van der Waals surface area contributed by atoms with Crippen molar-refractivity contribution >= 4 is 5.91 Å². The van der Waals surface area contributed by atoms with E-state index in [1.165, 1.54) is 25.7 Å². The van der Waals surface area contributed by atoms with E-state index in [0.29, 0.717) is 11.8 Å². The highest BCUT2D eigenvalue weighted by molar-refractivity contribution is 5.80. The minimum Gasteiger partial charge on any atom is -0.356 e. The van der Waals surface area contributed by atoms with Crippen molar-refractivity contribution < 1.29 is 4.79 Å². The van der Waals surface area contributed by atoms with E-state index in [9.17, 15) is 4.79 Å². The van der Waals surface area contributed by atoms with Crippen LogP contribution in [-0.4, -0.2) is 12.5 Å². The second kappa shape index (κ2) is 3.46. The fourth-order valence-corrected chi connectivity index (χ4v) is 1.67. The number of amides is 1. The fraction of sp³-hybridized carbons (Fsp3) is 0.900. The van der Waals surface area contributed by atoms with Crippen LogP contribution in [0.25, 0.3) is 0 Å². The molecule has 0 atom stereocenters. The molecule has 0 aromatic carbocycles. The van der Waals surface area contributed by atoms with Crippen molar-refractivity contribution in [2.75, 3.05) is 6.54 Å². The van der Waals surface area contributed by atoms with Crippen LogP contribution in [0.15, 0.2) is 0 Å². The predicted octanol–water partition coefficient (Wildman–Crippen LogP) is 1.70. The van der Waals surface area contributed by atoms with Crippen LogP contribution in [0.3, 0.4) is 0 Å². The minimum atomic E-state index is 0.300. The molecule has 0 unspecified atom stereocenters. The van der Waals surface area contributed by atoms with Crippen molar-refractivity contribution in [3.8, 4) is 0 Å². The van der Waals surface area contributed by atoms with E-state index in [-0.39, 0.29) is 0 Å². The number of hydrogen-bond donors (Lipinski definition) is 1. The molecule has 2 rings (SSSR count). The van der Waals surface area contributed by atoms with Crippen molar-refractivity contribution in [3.63, 3.8) is 0 Å². The molecule has 2 nitrogen and oxygen atoms in total. The summed E-state index contributed by atoms with van der Waals surface area (Å²) in [5.41, 5.74) is 0. The van der Waals surface area contributed by atoms with Gasteiger partial charge in [-0.05, 0) is 25.2 Å². The van der Waals surface area contributed by atoms with Crippen LogP contribution < -0.4 is 5.32 Å². The normalized spacial score (nSPS) is 23.3. The van der Waals surface area contributed by atoms with E-state index in [1.54, 1.807) is 0 Å². The smallest absolute Gasteiger partial charge is 0.223 e. The maximum atomic E-state index is 11.2. The molecule has 1 amide bonds. The van der Waals surface area contributed by atoms with Crippen molar-refractivity contribution in [2.24, 2.45) is 11.8 Å². The van der Waals surface area contributed by atoms with Gasteiger partial charge in [0.15, 0.2) is 0 Å². The molecule has 2 aliphatic carbocycles. The summed E-state index contributed by atoms with van der Waals surface area (Å²) in [4.78, 5) is 11.2. The zero-order chi connectivity index (χ0) is 8.39. The molecular formula is C10H17NO. The third-order valence-electron chi connectivity index (χ3n) is 3.02. The van der Waals surface area contributed by atoms with Gasteiger partial charge in [0.25, 0.3) is 0 Å². The predicted molar refractivity (Wildman–Crippen MR) is 47.7 cm³/mol. The van der Waals surface area contributed by atoms with Gasteiger partial charge in [-0.1, -0.05) is 19.3 Å². The summed E-state index contributed by atoms with van der Waals surface area (Å²) in [7, 11) is 0. The van der Waals surface area contributed by atoms with E-state index in [4.69, 9.17) is 0 Å². The number of hydrogen-bond acceptors (Lipinski definition) is 1. The number of rotatable bonds is 4. The van der Waals surface area contributed by atoms with Gasteiger partial charge in [0.05, 0.1) is 0 Å². The Labute approximate surface area is 73.7 Å². The molecule has 2 aliphatic rings. The standard InChI is InChI=1S/C10H17NO/c12-10(9-4-5-9)11-7-6-8-2-1-3-8/h8-9H,1-7H2,(H,11,12). The first-order chi connectivity index (χ1) is 5.86. The lowest BCUT2D eigenvalue weighted by Crippen LogP contribution is -2.28. The highest BCUT2D eigenvalue weighted by Crippen LogP contribution is 2.30. The zero-order valence-corrected chi connectivity index (χ0v) is 7.51. The molecule has 0 aliphatic heterocycles. The van der Waals surface area contributed by atoms with Crippen LogP contribution in [0, 0.1) is 11.8 Å². The monoisotopic (exact) mass is 167 g/mol. The van der Waals surface area contributed by atoms with Gasteiger partial charge in [-0.2, -0.15) is 0 Å². The summed E-state index contributed by atoms with van der Waals surface area (Å²) < 4.78 is 0. The lowest BCUT2D eigenvalue weighted by atomic mass is 9.83. The van der Waals surface area contributed by atoms with Gasteiger partial charge in [0.1, 0.15) is 0 Å². The topological polar surface area (TPSA) is 29.1 Å². The molecule has 2 heteroatoms. The van der Waals surface area contributed by atoms with Crippen LogP contribution in [0.2, 0.25) is 0 Å². The lowest BCUT2D eigenvalue weighted by Gasteiger charge is -2.25. The van der Waals surface area contributed by atoms with Gasteiger partial charge in [-0.3, -0.25) is 4.79 Å². The summed E-state index contributed by atoms with van der Waals surface area (Å²) in [5, 5.41) is 3.00. The van der Waals surface area contributed by atoms with E-state index in [0.717, 1.165) is 25.3 Å². The van der Waals surface area contributed by atoms with Crippen molar-refractivity contribution in [3.05, 3.63) is 0 Å². The van der Waals surface area contributed by atoms with Crippen LogP contribution >= 0.6 is 0 Å². The van der Waals surface area contributed by atoms with E-state index in [2.05, 4.69) is 5.32 Å². The summed E-state index contributed by atoms with van der Waals surface area (Å²) in [6.07, 6.45) is 7.63. The number of carbonyl (C=O) groups is 1. The average molecular weight is 167 g/mol. The Kier molecular flexibility index (Phi) is 2.33. The number of carbonyl (C=O) groups excluding carboxylic acids is 1. The molecule has 2 saturated carbocycles. The second-order valence-corrected chi connectivity index (χ2v) is 4.15. The third kappa shape index (κ3) is 1.99. The molecular weight excluding hydrogens is 150 g/mol. The van der Waals surface area contributed by atoms with Gasteiger partial charge in [-0.15, -0.1) is 0 Å². The maximum Gasteiger partial charge on any atom is 0.223 e. The maximum absolute atomic E-state index is 11.2. The largest absolute Gasteiger partial charge is 0.356 e. The third-order valence-corrected chi connectivity index (χ3v) is 3.02. The Balaban J connectivity index is 1.52. The summed E-state index contributed by atoms with van der Waals surface area (Å²) >= 11 is 0. The molecule has 0 saturated heterocycles. The van der Waals surface area contributed by atoms with E-state index >= 15 is 0 Å². The van der Waals surface area contributed by atoms with Gasteiger partial charge < -0.3 is 5.32 Å². The molecule has 0 bridgehead atoms. The minimum absolute atomic E-state index is 0.300. The Morgan fingerprint density at radius 1 is 1.25 bits per heavy atom. The Morgan fingerprint density at radius 2 is 2.00 bits per heavy atom. The number of nitrogens with one attached hydrogen (secondary N) is 1. The molecule has 0 radical (unpaired) electrons. The van der Waals surface area contributed by atoms with Gasteiger partial charge in [0, 0.05) is 12.5 Å². The second-order valence-electron chi connectivity index (χ2n) is 4.15. The molecule has 0 spiro atoms. The van der Waals surface area contributed by atoms with Gasteiger partial charge >= 0.3 is 0 Å². The average Bonchev–Trinajstić information content (AvgIpc) is 2.75. The Bertz CT molecular complexity index is 171. The Morgan fingerprint density at radius 3 is 2.50 bits per heavy atom. The first kappa shape index (κ1) is 8.09. The Hall–Kier alpha value is -0.530. The van der Waals surface area contributed by atoms with Crippen molar-refractivity contribution in [1.29, 1.82) is 0 Å². The van der Waals surface area contributed by atoms with Gasteiger partial charge in [-0.25, -0.2) is 0 Å². The summed E-state index contributed by atoms with van der Waals surface area (Å²) in [5.74, 6) is 1.60. The molecule has 1 N–H and O–H groups in total. The van der Waals surface area contributed by atoms with Crippen LogP contribution in [0.4, 0.5) is 0 Å². The molecule has 0 aromatic rings. The SMILES string of the molecule is O=C(NCCC1CCC1)C1CC1. The van der Waals surface area contributed by atoms with E-state index < -0.39 is 0 Å². The van der Waals surface area contributed by atoms with Gasteiger partial charge in [0.2, 0.25) is 5.91 Å². The fourth-order valence-electron chi connectivity index (χ4n) is 1.67. The van der Waals surface area contributed by atoms with Crippen molar-refractivity contribution in [1.82, 2.24) is 5.32 Å². The highest BCUT2D eigenvalue weighted by atomic mass is 16.2. The highest BCUT2D eigenvalue weighted by Gasteiger charge is 2.29. The summed E-state index contributed by atoms with van der Waals surface area (Å²) in [6, 6.07) is 0. The first-order valence-corrected chi connectivity index (χ1v) is 5.14. The lowest BCUT2D eigenvalue weighted by molar-refractivity contribution is -0.122.